The molecule has 0 amide bonds. The van der Waals surface area contributed by atoms with Crippen molar-refractivity contribution in [3.63, 3.8) is 0 Å². The number of halogens is 1. The number of aryl methyl sites for hydroxylation is 1. The number of methoxy groups -OCH3 is 1. The van der Waals surface area contributed by atoms with Crippen molar-refractivity contribution in [1.29, 1.82) is 0 Å². The molecule has 2 unspecified atom stereocenters. The van der Waals surface area contributed by atoms with Crippen LogP contribution in [-0.4, -0.2) is 43.3 Å². The lowest BCUT2D eigenvalue weighted by molar-refractivity contribution is -0.143. The lowest BCUT2D eigenvalue weighted by atomic mass is 9.92. The highest BCUT2D eigenvalue weighted by Crippen LogP contribution is 2.34. The fourth-order valence-electron chi connectivity index (χ4n) is 3.80. The Morgan fingerprint density at radius 1 is 1.16 bits per heavy atom. The number of hydrogen-bond acceptors (Lipinski definition) is 6. The van der Waals surface area contributed by atoms with Crippen LogP contribution < -0.4 is 4.74 Å². The van der Waals surface area contributed by atoms with Gasteiger partial charge < -0.3 is 14.6 Å². The lowest BCUT2D eigenvalue weighted by Crippen LogP contribution is -2.20. The number of aliphatic hydroxyl groups is 1. The van der Waals surface area contributed by atoms with E-state index in [-0.39, 0.29) is 35.8 Å². The van der Waals surface area contributed by atoms with Gasteiger partial charge in [-0.25, -0.2) is 16.8 Å². The number of rotatable bonds is 9. The quantitative estimate of drug-likeness (QED) is 0.328. The number of hydrogen-bond donors (Lipinski definition) is 1. The minimum Gasteiger partial charge on any atom is -0.494 e. The van der Waals surface area contributed by atoms with Crippen molar-refractivity contribution < 1.29 is 32.2 Å². The van der Waals surface area contributed by atoms with E-state index in [1.165, 1.54) is 37.6 Å². The van der Waals surface area contributed by atoms with Gasteiger partial charge in [-0.2, -0.15) is 0 Å². The Morgan fingerprint density at radius 2 is 1.86 bits per heavy atom. The predicted molar refractivity (Wildman–Crippen MR) is 137 cm³/mol. The van der Waals surface area contributed by atoms with E-state index >= 15 is 0 Å². The van der Waals surface area contributed by atoms with E-state index in [0.29, 0.717) is 11.1 Å². The Labute approximate surface area is 216 Å². The van der Waals surface area contributed by atoms with Gasteiger partial charge in [0.25, 0.3) is 10.0 Å². The third-order valence-corrected chi connectivity index (χ3v) is 7.34. The van der Waals surface area contributed by atoms with Crippen molar-refractivity contribution in [3.8, 4) is 17.6 Å². The summed E-state index contributed by atoms with van der Waals surface area (Å²) in [4.78, 5) is 12.6. The van der Waals surface area contributed by atoms with Crippen LogP contribution in [0.3, 0.4) is 0 Å². The first kappa shape index (κ1) is 28.0. The first-order valence-electron chi connectivity index (χ1n) is 11.8. The maximum Gasteiger partial charge on any atom is 0.306 e. The van der Waals surface area contributed by atoms with Gasteiger partial charge in [0.1, 0.15) is 0 Å². The zero-order valence-electron chi connectivity index (χ0n) is 21.2. The highest BCUT2D eigenvalue weighted by molar-refractivity contribution is 7.90. The summed E-state index contributed by atoms with van der Waals surface area (Å²) in [7, 11) is -2.76. The van der Waals surface area contributed by atoms with Gasteiger partial charge in [0.15, 0.2) is 11.6 Å². The molecule has 1 N–H and O–H groups in total. The van der Waals surface area contributed by atoms with Crippen molar-refractivity contribution in [2.24, 2.45) is 0 Å². The Kier molecular flexibility index (Phi) is 9.14. The fraction of sp³-hybridized carbons (Fsp3) is 0.321. The molecule has 0 spiro atoms. The summed E-state index contributed by atoms with van der Waals surface area (Å²) < 4.78 is 53.4. The molecule has 0 bridgehead atoms. The van der Waals surface area contributed by atoms with Crippen molar-refractivity contribution >= 4 is 16.0 Å². The van der Waals surface area contributed by atoms with Crippen LogP contribution in [0.25, 0.3) is 0 Å². The van der Waals surface area contributed by atoms with E-state index in [1.54, 1.807) is 38.1 Å². The van der Waals surface area contributed by atoms with E-state index in [1.807, 2.05) is 6.92 Å². The lowest BCUT2D eigenvalue weighted by Gasteiger charge is -2.20. The van der Waals surface area contributed by atoms with Crippen molar-refractivity contribution in [1.82, 2.24) is 3.97 Å². The van der Waals surface area contributed by atoms with Gasteiger partial charge in [-0.1, -0.05) is 35.6 Å². The summed E-state index contributed by atoms with van der Waals surface area (Å²) >= 11 is 0. The second-order valence-electron chi connectivity index (χ2n) is 8.58. The monoisotopic (exact) mass is 527 g/mol. The van der Waals surface area contributed by atoms with Crippen LogP contribution >= 0.6 is 0 Å². The predicted octanol–water partition coefficient (Wildman–Crippen LogP) is 4.39. The first-order chi connectivity index (χ1) is 17.6. The van der Waals surface area contributed by atoms with Crippen LogP contribution in [0.1, 0.15) is 55.0 Å². The SMILES string of the molecule is CCOC(=O)CC(c1ccc(OC)c(F)c1)c1cc(C#CCC(C)O)cn1S(=O)(=O)c1ccc(C)cc1. The van der Waals surface area contributed by atoms with Gasteiger partial charge in [0.05, 0.1) is 31.1 Å². The van der Waals surface area contributed by atoms with E-state index in [9.17, 15) is 22.7 Å². The molecule has 0 aliphatic carbocycles. The zero-order valence-corrected chi connectivity index (χ0v) is 22.0. The highest BCUT2D eigenvalue weighted by atomic mass is 32.2. The van der Waals surface area contributed by atoms with Crippen LogP contribution in [0, 0.1) is 24.6 Å². The molecule has 0 saturated carbocycles. The Morgan fingerprint density at radius 3 is 2.46 bits per heavy atom. The molecule has 196 valence electrons. The van der Waals surface area contributed by atoms with Gasteiger partial charge in [-0.05, 0) is 56.7 Å². The summed E-state index contributed by atoms with van der Waals surface area (Å²) in [5, 5.41) is 9.55. The van der Waals surface area contributed by atoms with Crippen LogP contribution in [0.5, 0.6) is 5.75 Å². The molecule has 7 nitrogen and oxygen atoms in total. The fourth-order valence-corrected chi connectivity index (χ4v) is 5.21. The summed E-state index contributed by atoms with van der Waals surface area (Å²) in [5.41, 5.74) is 1.85. The summed E-state index contributed by atoms with van der Waals surface area (Å²) in [6.07, 6.45) is 0.691. The van der Waals surface area contributed by atoms with E-state index in [2.05, 4.69) is 11.8 Å². The van der Waals surface area contributed by atoms with E-state index < -0.39 is 33.8 Å². The molecule has 0 radical (unpaired) electrons. The largest absolute Gasteiger partial charge is 0.494 e. The van der Waals surface area contributed by atoms with Gasteiger partial charge in [0, 0.05) is 29.8 Å². The average molecular weight is 528 g/mol. The minimum absolute atomic E-state index is 0.0194. The van der Waals surface area contributed by atoms with Gasteiger partial charge in [-0.15, -0.1) is 0 Å². The minimum atomic E-state index is -4.10. The third kappa shape index (κ3) is 6.79. The van der Waals surface area contributed by atoms with Crippen molar-refractivity contribution in [3.05, 3.63) is 82.9 Å². The molecule has 0 fully saturated rings. The molecule has 0 saturated heterocycles. The number of aliphatic hydroxyl groups excluding tert-OH is 1. The molecular weight excluding hydrogens is 497 g/mol. The van der Waals surface area contributed by atoms with Crippen molar-refractivity contribution in [2.75, 3.05) is 13.7 Å². The second kappa shape index (κ2) is 12.1. The Hall–Kier alpha value is -3.61. The molecule has 3 aromatic rings. The number of nitrogens with zero attached hydrogens (tertiary/aromatic N) is 1. The molecule has 1 heterocycles. The smallest absolute Gasteiger partial charge is 0.306 e. The molecule has 0 aliphatic heterocycles. The number of carbonyl (C=O) groups excluding carboxylic acids is 1. The van der Waals surface area contributed by atoms with Gasteiger partial charge >= 0.3 is 5.97 Å². The van der Waals surface area contributed by atoms with Gasteiger partial charge in [-0.3, -0.25) is 4.79 Å². The molecule has 1 aromatic heterocycles. The molecular formula is C28H30FNO6S. The molecule has 2 atom stereocenters. The first-order valence-corrected chi connectivity index (χ1v) is 13.2. The number of carbonyl (C=O) groups is 1. The second-order valence-corrected chi connectivity index (χ2v) is 10.4. The van der Waals surface area contributed by atoms with Crippen LogP contribution in [0.4, 0.5) is 4.39 Å². The standard InChI is InChI=1S/C28H30FNO6S/c1-5-36-28(32)17-24(22-11-14-27(35-4)25(29)16-22)26-15-21(8-6-7-20(3)31)18-30(26)37(33,34)23-12-9-19(2)10-13-23/h9-16,18,20,24,31H,5,7,17H2,1-4H3. The molecule has 3 rings (SSSR count). The van der Waals surface area contributed by atoms with E-state index in [4.69, 9.17) is 9.47 Å². The number of benzene rings is 2. The van der Waals surface area contributed by atoms with Crippen LogP contribution in [0.2, 0.25) is 0 Å². The molecule has 9 heteroatoms. The number of esters is 1. The maximum atomic E-state index is 14.7. The summed E-state index contributed by atoms with van der Waals surface area (Å²) in [6.45, 7) is 5.25. The van der Waals surface area contributed by atoms with E-state index in [0.717, 1.165) is 9.54 Å². The molecule has 2 aromatic carbocycles. The molecule has 0 aliphatic rings. The van der Waals surface area contributed by atoms with Crippen molar-refractivity contribution in [2.45, 2.75) is 50.5 Å². The Balaban J connectivity index is 2.23. The normalized spacial score (nSPS) is 12.8. The summed E-state index contributed by atoms with van der Waals surface area (Å²) in [5.74, 6) is 3.65. The Bertz CT molecular complexity index is 1420. The topological polar surface area (TPSA) is 94.8 Å². The molecule has 37 heavy (non-hydrogen) atoms. The third-order valence-electron chi connectivity index (χ3n) is 5.63. The maximum absolute atomic E-state index is 14.7. The van der Waals surface area contributed by atoms with Gasteiger partial charge in [0.2, 0.25) is 0 Å². The van der Waals surface area contributed by atoms with Crippen LogP contribution in [-0.2, 0) is 19.6 Å². The highest BCUT2D eigenvalue weighted by Gasteiger charge is 2.29. The number of ether oxygens (including phenoxy) is 2. The average Bonchev–Trinajstić information content (AvgIpc) is 3.27. The van der Waals surface area contributed by atoms with Crippen LogP contribution in [0.15, 0.2) is 59.6 Å². The summed E-state index contributed by atoms with van der Waals surface area (Å²) in [6, 6.07) is 12.2. The number of aromatic nitrogens is 1. The zero-order chi connectivity index (χ0) is 27.2.